The molecule has 2 unspecified atom stereocenters. The third-order valence-corrected chi connectivity index (χ3v) is 9.25. The largest absolute Gasteiger partial charge is 0.468 e. The van der Waals surface area contributed by atoms with E-state index in [1.54, 1.807) is 0 Å². The molecule has 1 aliphatic carbocycles. The van der Waals surface area contributed by atoms with Crippen LogP contribution >= 0.6 is 0 Å². The number of hydrogen-bond donors (Lipinski definition) is 1. The molecule has 0 bridgehead atoms. The fourth-order valence-corrected chi connectivity index (χ4v) is 6.78. The summed E-state index contributed by atoms with van der Waals surface area (Å²) in [5.41, 5.74) is 8.31. The highest BCUT2D eigenvalue weighted by Gasteiger charge is 2.30. The molecule has 2 heterocycles. The van der Waals surface area contributed by atoms with Gasteiger partial charge in [-0.2, -0.15) is 0 Å². The summed E-state index contributed by atoms with van der Waals surface area (Å²) in [4.78, 5) is 10.0. The summed E-state index contributed by atoms with van der Waals surface area (Å²) in [6.07, 6.45) is 9.55. The number of allylic oxidation sites excluding steroid dienone is 3. The number of anilines is 1. The minimum atomic E-state index is -0.0761. The molecule has 0 saturated heterocycles. The topological polar surface area (TPSA) is 47.0 Å². The normalized spacial score (nSPS) is 16.6. The standard InChI is InChI=1S/C43H31N3O/c1-4-10-30(11-5-1)37-27-38(31-12-6-2-7-13-31)45-42(44-37)33-21-16-28(17-22-33)35-23-19-29-18-20-32-24-25-39-41(40(32)36(29)26-35)46-43(47-39)34-14-8-3-9-15-34/h1-14,16-27,34,43,46H,15H2. The molecule has 6 aromatic carbocycles. The van der Waals surface area contributed by atoms with Gasteiger partial charge >= 0.3 is 0 Å². The first-order valence-corrected chi connectivity index (χ1v) is 16.1. The zero-order chi connectivity index (χ0) is 31.2. The van der Waals surface area contributed by atoms with E-state index < -0.39 is 0 Å². The number of aromatic nitrogens is 2. The number of nitrogens with zero attached hydrogens (tertiary/aromatic N) is 2. The smallest absolute Gasteiger partial charge is 0.176 e. The van der Waals surface area contributed by atoms with Crippen molar-refractivity contribution in [1.29, 1.82) is 0 Å². The second-order valence-electron chi connectivity index (χ2n) is 12.2. The van der Waals surface area contributed by atoms with Gasteiger partial charge in [-0.05, 0) is 51.9 Å². The van der Waals surface area contributed by atoms with Crippen LogP contribution in [-0.2, 0) is 0 Å². The summed E-state index contributed by atoms with van der Waals surface area (Å²) < 4.78 is 6.44. The number of benzene rings is 6. The van der Waals surface area contributed by atoms with Crippen LogP contribution in [0.4, 0.5) is 5.69 Å². The molecule has 4 nitrogen and oxygen atoms in total. The molecule has 0 radical (unpaired) electrons. The van der Waals surface area contributed by atoms with Crippen LogP contribution in [0, 0.1) is 5.92 Å². The molecule has 1 aliphatic heterocycles. The van der Waals surface area contributed by atoms with E-state index in [4.69, 9.17) is 14.7 Å². The van der Waals surface area contributed by atoms with E-state index in [0.717, 1.165) is 57.1 Å². The third-order valence-electron chi connectivity index (χ3n) is 9.25. The Hall–Kier alpha value is -6.00. The summed E-state index contributed by atoms with van der Waals surface area (Å²) in [6.45, 7) is 0. The van der Waals surface area contributed by atoms with Gasteiger partial charge in [-0.25, -0.2) is 9.97 Å². The van der Waals surface area contributed by atoms with Gasteiger partial charge in [0.1, 0.15) is 5.75 Å². The van der Waals surface area contributed by atoms with Gasteiger partial charge in [-0.1, -0.05) is 140 Å². The van der Waals surface area contributed by atoms with E-state index in [1.807, 2.05) is 36.4 Å². The summed E-state index contributed by atoms with van der Waals surface area (Å²) in [7, 11) is 0. The van der Waals surface area contributed by atoms with Crippen molar-refractivity contribution in [2.45, 2.75) is 12.6 Å². The van der Waals surface area contributed by atoms with Crippen LogP contribution in [0.3, 0.4) is 0 Å². The minimum absolute atomic E-state index is 0.0761. The fourth-order valence-electron chi connectivity index (χ4n) is 6.78. The highest BCUT2D eigenvalue weighted by Crippen LogP contribution is 2.44. The molecule has 0 amide bonds. The Morgan fingerprint density at radius 1 is 0.574 bits per heavy atom. The van der Waals surface area contributed by atoms with E-state index in [1.165, 1.54) is 21.5 Å². The fraction of sp³-hybridized carbons (Fsp3) is 0.0698. The zero-order valence-corrected chi connectivity index (χ0v) is 25.7. The van der Waals surface area contributed by atoms with E-state index in [2.05, 4.69) is 127 Å². The van der Waals surface area contributed by atoms with Gasteiger partial charge < -0.3 is 10.1 Å². The second-order valence-corrected chi connectivity index (χ2v) is 12.2. The summed E-state index contributed by atoms with van der Waals surface area (Å²) in [5, 5.41) is 8.55. The van der Waals surface area contributed by atoms with E-state index in [-0.39, 0.29) is 6.23 Å². The summed E-state index contributed by atoms with van der Waals surface area (Å²) in [5.74, 6) is 1.92. The van der Waals surface area contributed by atoms with Crippen molar-refractivity contribution in [2.24, 2.45) is 5.92 Å². The number of ether oxygens (including phenoxy) is 1. The van der Waals surface area contributed by atoms with Crippen LogP contribution in [0.25, 0.3) is 66.6 Å². The highest BCUT2D eigenvalue weighted by atomic mass is 16.5. The Morgan fingerprint density at radius 2 is 1.21 bits per heavy atom. The van der Waals surface area contributed by atoms with Crippen LogP contribution < -0.4 is 10.1 Å². The van der Waals surface area contributed by atoms with Gasteiger partial charge in [0, 0.05) is 28.0 Å². The average molecular weight is 606 g/mol. The summed E-state index contributed by atoms with van der Waals surface area (Å²) >= 11 is 0. The maximum Gasteiger partial charge on any atom is 0.176 e. The van der Waals surface area contributed by atoms with Crippen molar-refractivity contribution >= 4 is 27.2 Å². The predicted molar refractivity (Wildman–Crippen MR) is 193 cm³/mol. The Morgan fingerprint density at radius 3 is 1.91 bits per heavy atom. The lowest BCUT2D eigenvalue weighted by Gasteiger charge is -2.20. The lowest BCUT2D eigenvalue weighted by Crippen LogP contribution is -2.29. The molecule has 0 spiro atoms. The molecule has 2 aliphatic rings. The van der Waals surface area contributed by atoms with Gasteiger partial charge in [-0.3, -0.25) is 0 Å². The Kier molecular flexibility index (Phi) is 6.64. The third kappa shape index (κ3) is 5.04. The average Bonchev–Trinajstić information content (AvgIpc) is 3.60. The quantitative estimate of drug-likeness (QED) is 0.198. The molecule has 9 rings (SSSR count). The molecule has 4 heteroatoms. The maximum absolute atomic E-state index is 6.44. The molecule has 0 fully saturated rings. The molecule has 2 atom stereocenters. The van der Waals surface area contributed by atoms with Gasteiger partial charge in [0.15, 0.2) is 12.1 Å². The Labute approximate surface area is 273 Å². The zero-order valence-electron chi connectivity index (χ0n) is 25.7. The first-order chi connectivity index (χ1) is 23.3. The van der Waals surface area contributed by atoms with Crippen molar-refractivity contribution in [3.8, 4) is 50.8 Å². The molecular formula is C43H31N3O. The van der Waals surface area contributed by atoms with Gasteiger partial charge in [0.25, 0.3) is 0 Å². The molecule has 7 aromatic rings. The van der Waals surface area contributed by atoms with Crippen molar-refractivity contribution in [3.63, 3.8) is 0 Å². The van der Waals surface area contributed by atoms with E-state index in [0.29, 0.717) is 11.7 Å². The second kappa shape index (κ2) is 11.4. The SMILES string of the molecule is C1=CCC(C2Nc3c(ccc4ccc5ccc(-c6ccc(-c7nc(-c8ccccc8)cc(-c8ccccc8)n7)cc6)cc5c34)O2)C=C1. The molecular weight excluding hydrogens is 574 g/mol. The van der Waals surface area contributed by atoms with Crippen LogP contribution in [0.5, 0.6) is 5.75 Å². The van der Waals surface area contributed by atoms with Gasteiger partial charge in [0.2, 0.25) is 0 Å². The predicted octanol–water partition coefficient (Wildman–Crippen LogP) is 10.7. The van der Waals surface area contributed by atoms with Gasteiger partial charge in [0.05, 0.1) is 17.1 Å². The summed E-state index contributed by atoms with van der Waals surface area (Å²) in [6, 6.07) is 46.7. The Balaban J connectivity index is 1.09. The number of rotatable bonds is 5. The van der Waals surface area contributed by atoms with Crippen LogP contribution in [0.2, 0.25) is 0 Å². The Bertz CT molecular complexity index is 2270. The van der Waals surface area contributed by atoms with E-state index in [9.17, 15) is 0 Å². The lowest BCUT2D eigenvalue weighted by atomic mass is 9.95. The number of fused-ring (bicyclic) bond motifs is 5. The lowest BCUT2D eigenvalue weighted by molar-refractivity contribution is 0.204. The van der Waals surface area contributed by atoms with Crippen molar-refractivity contribution in [1.82, 2.24) is 9.97 Å². The van der Waals surface area contributed by atoms with Crippen molar-refractivity contribution in [3.05, 3.63) is 158 Å². The van der Waals surface area contributed by atoms with E-state index >= 15 is 0 Å². The molecule has 224 valence electrons. The molecule has 1 N–H and O–H groups in total. The first-order valence-electron chi connectivity index (χ1n) is 16.1. The van der Waals surface area contributed by atoms with Gasteiger partial charge in [-0.15, -0.1) is 0 Å². The first kappa shape index (κ1) is 27.3. The van der Waals surface area contributed by atoms with Crippen molar-refractivity contribution in [2.75, 3.05) is 5.32 Å². The maximum atomic E-state index is 6.44. The highest BCUT2D eigenvalue weighted by molar-refractivity contribution is 6.16. The number of hydrogen-bond acceptors (Lipinski definition) is 4. The van der Waals surface area contributed by atoms with Crippen LogP contribution in [0.15, 0.2) is 158 Å². The van der Waals surface area contributed by atoms with Crippen molar-refractivity contribution < 1.29 is 4.74 Å². The molecule has 1 aromatic heterocycles. The van der Waals surface area contributed by atoms with Crippen LogP contribution in [0.1, 0.15) is 6.42 Å². The minimum Gasteiger partial charge on any atom is -0.468 e. The molecule has 0 saturated carbocycles. The van der Waals surface area contributed by atoms with Crippen LogP contribution in [-0.4, -0.2) is 16.2 Å². The monoisotopic (exact) mass is 605 g/mol. The molecule has 47 heavy (non-hydrogen) atoms. The number of nitrogens with one attached hydrogen (secondary N) is 1.